The summed E-state index contributed by atoms with van der Waals surface area (Å²) in [6, 6.07) is 4.13. The summed E-state index contributed by atoms with van der Waals surface area (Å²) >= 11 is 9.28. The lowest BCUT2D eigenvalue weighted by molar-refractivity contribution is -0.114. The Balaban J connectivity index is 0.000000511. The van der Waals surface area contributed by atoms with E-state index in [-0.39, 0.29) is 11.6 Å². The van der Waals surface area contributed by atoms with E-state index in [9.17, 15) is 9.59 Å². The van der Waals surface area contributed by atoms with Gasteiger partial charge in [-0.3, -0.25) is 9.59 Å². The molecule has 0 radical (unpaired) electrons. The van der Waals surface area contributed by atoms with Crippen LogP contribution >= 0.6 is 47.8 Å². The van der Waals surface area contributed by atoms with Crippen LogP contribution in [0.4, 0.5) is 0 Å². The van der Waals surface area contributed by atoms with Crippen LogP contribution in [-0.4, -0.2) is 27.6 Å². The highest BCUT2D eigenvalue weighted by Gasteiger charge is 2.11. The molecule has 0 amide bonds. The summed E-state index contributed by atoms with van der Waals surface area (Å²) in [5, 5.41) is 1.65. The maximum Gasteiger partial charge on any atom is 0.164 e. The van der Waals surface area contributed by atoms with E-state index in [0.29, 0.717) is 17.1 Å². The standard InChI is InChI=1S/C12H15BrO.C3H4Br2O/c1-8-6-9(2)12(10(3)7-8)11(14)4-5-13;4-1-3(6)2-5/h6-7H,4-5H2,1-3H3;1-2H2. The highest BCUT2D eigenvalue weighted by atomic mass is 79.9. The van der Waals surface area contributed by atoms with Gasteiger partial charge in [0.2, 0.25) is 0 Å². The Hall–Kier alpha value is -0.000000000000000111. The van der Waals surface area contributed by atoms with Gasteiger partial charge in [0.25, 0.3) is 0 Å². The molecule has 0 atom stereocenters. The van der Waals surface area contributed by atoms with Gasteiger partial charge in [-0.2, -0.15) is 0 Å². The van der Waals surface area contributed by atoms with Crippen molar-refractivity contribution in [2.24, 2.45) is 0 Å². The van der Waals surface area contributed by atoms with E-state index in [1.807, 2.05) is 13.8 Å². The maximum absolute atomic E-state index is 11.8. The average molecular weight is 471 g/mol. The van der Waals surface area contributed by atoms with E-state index < -0.39 is 0 Å². The van der Waals surface area contributed by atoms with Crippen molar-refractivity contribution in [2.75, 3.05) is 16.0 Å². The van der Waals surface area contributed by atoms with Crippen molar-refractivity contribution >= 4 is 59.4 Å². The molecule has 0 aliphatic rings. The summed E-state index contributed by atoms with van der Waals surface area (Å²) in [5.41, 5.74) is 4.30. The van der Waals surface area contributed by atoms with Gasteiger partial charge in [0, 0.05) is 17.3 Å². The molecule has 1 aromatic rings. The van der Waals surface area contributed by atoms with Gasteiger partial charge < -0.3 is 0 Å². The summed E-state index contributed by atoms with van der Waals surface area (Å²) in [7, 11) is 0. The van der Waals surface area contributed by atoms with Crippen LogP contribution in [0.3, 0.4) is 0 Å². The van der Waals surface area contributed by atoms with E-state index in [1.54, 1.807) is 0 Å². The first kappa shape index (κ1) is 20.0. The molecule has 0 fully saturated rings. The smallest absolute Gasteiger partial charge is 0.164 e. The van der Waals surface area contributed by atoms with Crippen LogP contribution in [0, 0.1) is 20.8 Å². The molecule has 1 rings (SSSR count). The van der Waals surface area contributed by atoms with Gasteiger partial charge in [-0.1, -0.05) is 65.5 Å². The first-order valence-corrected chi connectivity index (χ1v) is 9.54. The topological polar surface area (TPSA) is 34.1 Å². The molecule has 112 valence electrons. The number of benzene rings is 1. The Morgan fingerprint density at radius 1 is 0.950 bits per heavy atom. The highest BCUT2D eigenvalue weighted by molar-refractivity contribution is 9.10. The Morgan fingerprint density at radius 3 is 1.70 bits per heavy atom. The third-order valence-electron chi connectivity index (χ3n) is 2.58. The zero-order valence-corrected chi connectivity index (χ0v) is 16.7. The monoisotopic (exact) mass is 468 g/mol. The van der Waals surface area contributed by atoms with Crippen LogP contribution in [0.2, 0.25) is 0 Å². The van der Waals surface area contributed by atoms with Crippen LogP contribution in [0.25, 0.3) is 0 Å². The van der Waals surface area contributed by atoms with Crippen molar-refractivity contribution in [3.63, 3.8) is 0 Å². The summed E-state index contributed by atoms with van der Waals surface area (Å²) in [6.45, 7) is 6.06. The van der Waals surface area contributed by atoms with Gasteiger partial charge in [0.1, 0.15) is 0 Å². The lowest BCUT2D eigenvalue weighted by Gasteiger charge is -2.09. The number of rotatable bonds is 5. The normalized spacial score (nSPS) is 9.70. The van der Waals surface area contributed by atoms with Gasteiger partial charge in [-0.05, 0) is 31.9 Å². The fraction of sp³-hybridized carbons (Fsp3) is 0.467. The maximum atomic E-state index is 11.8. The fourth-order valence-electron chi connectivity index (χ4n) is 1.87. The number of halogens is 3. The molecule has 0 N–H and O–H groups in total. The molecule has 0 saturated heterocycles. The number of Topliss-reactive ketones (excluding diaryl/α,β-unsaturated/α-hetero) is 2. The quantitative estimate of drug-likeness (QED) is 0.452. The number of alkyl halides is 3. The molecular weight excluding hydrogens is 452 g/mol. The number of ketones is 2. The van der Waals surface area contributed by atoms with Crippen molar-refractivity contribution in [2.45, 2.75) is 27.2 Å². The van der Waals surface area contributed by atoms with Crippen molar-refractivity contribution < 1.29 is 9.59 Å². The summed E-state index contributed by atoms with van der Waals surface area (Å²) < 4.78 is 0. The number of aryl methyl sites for hydroxylation is 3. The van der Waals surface area contributed by atoms with Crippen molar-refractivity contribution in [3.8, 4) is 0 Å². The van der Waals surface area contributed by atoms with Crippen LogP contribution in [-0.2, 0) is 4.79 Å². The summed E-state index contributed by atoms with van der Waals surface area (Å²) in [4.78, 5) is 21.9. The first-order chi connectivity index (χ1) is 9.37. The molecule has 0 spiro atoms. The van der Waals surface area contributed by atoms with Gasteiger partial charge in [-0.25, -0.2) is 0 Å². The number of hydrogen-bond acceptors (Lipinski definition) is 2. The predicted octanol–water partition coefficient (Wildman–Crippen LogP) is 4.92. The third-order valence-corrected chi connectivity index (χ3v) is 4.22. The Morgan fingerprint density at radius 2 is 1.40 bits per heavy atom. The molecule has 5 heteroatoms. The SMILES string of the molecule is Cc1cc(C)c(C(=O)CCBr)c(C)c1.O=C(CBr)CBr. The van der Waals surface area contributed by atoms with E-state index in [4.69, 9.17) is 0 Å². The lowest BCUT2D eigenvalue weighted by Crippen LogP contribution is -2.05. The molecular formula is C15H19Br3O2. The second-order valence-electron chi connectivity index (χ2n) is 4.44. The molecule has 0 aliphatic heterocycles. The van der Waals surface area contributed by atoms with Gasteiger partial charge in [0.05, 0.1) is 10.7 Å². The number of carbonyl (C=O) groups excluding carboxylic acids is 2. The molecule has 1 aromatic carbocycles. The average Bonchev–Trinajstić information content (AvgIpc) is 2.37. The minimum Gasteiger partial charge on any atom is -0.298 e. The van der Waals surface area contributed by atoms with Crippen molar-refractivity contribution in [1.82, 2.24) is 0 Å². The van der Waals surface area contributed by atoms with E-state index in [2.05, 4.69) is 66.8 Å². The molecule has 0 unspecified atom stereocenters. The Bertz CT molecular complexity index is 441. The zero-order valence-electron chi connectivity index (χ0n) is 11.9. The van der Waals surface area contributed by atoms with E-state index in [1.165, 1.54) is 5.56 Å². The Labute approximate surface area is 146 Å². The van der Waals surface area contributed by atoms with Gasteiger partial charge in [0.15, 0.2) is 11.6 Å². The fourth-order valence-corrected chi connectivity index (χ4v) is 3.16. The van der Waals surface area contributed by atoms with Crippen LogP contribution in [0.5, 0.6) is 0 Å². The van der Waals surface area contributed by atoms with Crippen LogP contribution in [0.1, 0.15) is 33.5 Å². The van der Waals surface area contributed by atoms with E-state index >= 15 is 0 Å². The number of carbonyl (C=O) groups is 2. The molecule has 0 heterocycles. The zero-order chi connectivity index (χ0) is 15.7. The van der Waals surface area contributed by atoms with E-state index in [0.717, 1.165) is 22.0 Å². The Kier molecular flexibility index (Phi) is 10.7. The van der Waals surface area contributed by atoms with Crippen LogP contribution < -0.4 is 0 Å². The molecule has 0 aliphatic carbocycles. The second kappa shape index (κ2) is 10.7. The predicted molar refractivity (Wildman–Crippen MR) is 96.0 cm³/mol. The molecule has 0 aromatic heterocycles. The highest BCUT2D eigenvalue weighted by Crippen LogP contribution is 2.18. The molecule has 2 nitrogen and oxygen atoms in total. The molecule has 0 saturated carbocycles. The second-order valence-corrected chi connectivity index (χ2v) is 6.36. The minimum atomic E-state index is 0.176. The van der Waals surface area contributed by atoms with Crippen molar-refractivity contribution in [1.29, 1.82) is 0 Å². The van der Waals surface area contributed by atoms with Crippen molar-refractivity contribution in [3.05, 3.63) is 34.4 Å². The van der Waals surface area contributed by atoms with Gasteiger partial charge >= 0.3 is 0 Å². The third kappa shape index (κ3) is 7.14. The lowest BCUT2D eigenvalue weighted by atomic mass is 9.96. The minimum absolute atomic E-state index is 0.176. The molecule has 0 bridgehead atoms. The van der Waals surface area contributed by atoms with Crippen LogP contribution in [0.15, 0.2) is 12.1 Å². The number of hydrogen-bond donors (Lipinski definition) is 0. The first-order valence-electron chi connectivity index (χ1n) is 6.18. The van der Waals surface area contributed by atoms with Gasteiger partial charge in [-0.15, -0.1) is 0 Å². The summed E-state index contributed by atoms with van der Waals surface area (Å²) in [6.07, 6.45) is 0.574. The molecule has 20 heavy (non-hydrogen) atoms. The summed E-state index contributed by atoms with van der Waals surface area (Å²) in [5.74, 6) is 0.409. The largest absolute Gasteiger partial charge is 0.298 e.